The van der Waals surface area contributed by atoms with Crippen molar-refractivity contribution >= 4 is 5.82 Å². The predicted molar refractivity (Wildman–Crippen MR) is 90.0 cm³/mol. The van der Waals surface area contributed by atoms with Crippen LogP contribution < -0.4 is 5.32 Å². The van der Waals surface area contributed by atoms with E-state index in [1.54, 1.807) is 6.07 Å². The zero-order valence-corrected chi connectivity index (χ0v) is 14.1. The third-order valence-electron chi connectivity index (χ3n) is 5.21. The summed E-state index contributed by atoms with van der Waals surface area (Å²) in [7, 11) is 2.07. The number of hydrogen-bond acceptors (Lipinski definition) is 3. The SMILES string of the molecule is CN1CCCCC1c1nn(-c2ccccc2C(F)(F)F)c2c1CCN2. The molecule has 2 aliphatic rings. The highest BCUT2D eigenvalue weighted by Crippen LogP contribution is 2.40. The molecule has 1 saturated heterocycles. The fourth-order valence-corrected chi connectivity index (χ4v) is 3.96. The second kappa shape index (κ2) is 6.05. The van der Waals surface area contributed by atoms with Crippen LogP contribution in [0.15, 0.2) is 24.3 Å². The minimum Gasteiger partial charge on any atom is -0.369 e. The van der Waals surface area contributed by atoms with Crippen LogP contribution in [0.5, 0.6) is 0 Å². The topological polar surface area (TPSA) is 33.1 Å². The Labute approximate surface area is 144 Å². The molecule has 0 bridgehead atoms. The van der Waals surface area contributed by atoms with E-state index in [0.717, 1.165) is 56.1 Å². The molecule has 1 N–H and O–H groups in total. The highest BCUT2D eigenvalue weighted by molar-refractivity contribution is 5.59. The summed E-state index contributed by atoms with van der Waals surface area (Å²) in [6, 6.07) is 5.83. The van der Waals surface area contributed by atoms with Crippen molar-refractivity contribution in [3.05, 3.63) is 41.1 Å². The quantitative estimate of drug-likeness (QED) is 0.888. The summed E-state index contributed by atoms with van der Waals surface area (Å²) in [4.78, 5) is 2.27. The number of piperidine rings is 1. The first kappa shape index (κ1) is 16.4. The van der Waals surface area contributed by atoms with Crippen LogP contribution in [0, 0.1) is 0 Å². The molecule has 1 aromatic heterocycles. The molecule has 1 fully saturated rings. The van der Waals surface area contributed by atoms with Crippen LogP contribution >= 0.6 is 0 Å². The number of anilines is 1. The van der Waals surface area contributed by atoms with Crippen molar-refractivity contribution in [2.75, 3.05) is 25.5 Å². The number of halogens is 3. The van der Waals surface area contributed by atoms with Crippen LogP contribution in [0.1, 0.15) is 42.1 Å². The summed E-state index contributed by atoms with van der Waals surface area (Å²) in [5, 5.41) is 7.90. The lowest BCUT2D eigenvalue weighted by Crippen LogP contribution is -2.30. The largest absolute Gasteiger partial charge is 0.418 e. The molecule has 4 nitrogen and oxygen atoms in total. The Bertz CT molecular complexity index is 781. The predicted octanol–water partition coefficient (Wildman–Crippen LogP) is 4.02. The minimum absolute atomic E-state index is 0.0883. The van der Waals surface area contributed by atoms with Gasteiger partial charge in [-0.3, -0.25) is 4.90 Å². The van der Waals surface area contributed by atoms with Gasteiger partial charge in [-0.2, -0.15) is 18.3 Å². The van der Waals surface area contributed by atoms with Crippen LogP contribution in [0.2, 0.25) is 0 Å². The number of benzene rings is 1. The monoisotopic (exact) mass is 350 g/mol. The number of nitrogens with one attached hydrogen (secondary N) is 1. The highest BCUT2D eigenvalue weighted by atomic mass is 19.4. The molecular formula is C18H21F3N4. The van der Waals surface area contributed by atoms with Gasteiger partial charge in [0, 0.05) is 12.1 Å². The first-order valence-electron chi connectivity index (χ1n) is 8.69. The number of likely N-dealkylation sites (tertiary alicyclic amines) is 1. The molecular weight excluding hydrogens is 329 g/mol. The molecule has 0 amide bonds. The van der Waals surface area contributed by atoms with Gasteiger partial charge in [-0.1, -0.05) is 18.6 Å². The van der Waals surface area contributed by atoms with E-state index in [1.165, 1.54) is 16.8 Å². The van der Waals surface area contributed by atoms with E-state index < -0.39 is 11.7 Å². The van der Waals surface area contributed by atoms with Crippen LogP contribution in [-0.4, -0.2) is 34.8 Å². The molecule has 134 valence electrons. The summed E-state index contributed by atoms with van der Waals surface area (Å²) in [6.07, 6.45) is -0.311. The zero-order chi connectivity index (χ0) is 17.6. The normalized spacial score (nSPS) is 21.2. The van der Waals surface area contributed by atoms with Gasteiger partial charge in [0.05, 0.1) is 23.0 Å². The van der Waals surface area contributed by atoms with Crippen molar-refractivity contribution in [1.29, 1.82) is 0 Å². The molecule has 3 heterocycles. The van der Waals surface area contributed by atoms with E-state index in [1.807, 2.05) is 0 Å². The highest BCUT2D eigenvalue weighted by Gasteiger charge is 2.36. The first-order chi connectivity index (χ1) is 12.0. The molecule has 2 aliphatic heterocycles. The second-order valence-corrected chi connectivity index (χ2v) is 6.81. The number of aromatic nitrogens is 2. The van der Waals surface area contributed by atoms with Gasteiger partial charge in [0.1, 0.15) is 5.82 Å². The van der Waals surface area contributed by atoms with Crippen molar-refractivity contribution in [2.24, 2.45) is 0 Å². The molecule has 0 spiro atoms. The van der Waals surface area contributed by atoms with E-state index in [2.05, 4.69) is 22.4 Å². The number of para-hydroxylation sites is 1. The van der Waals surface area contributed by atoms with Gasteiger partial charge in [-0.05, 0) is 45.0 Å². The van der Waals surface area contributed by atoms with Crippen molar-refractivity contribution < 1.29 is 13.2 Å². The van der Waals surface area contributed by atoms with Gasteiger partial charge in [0.2, 0.25) is 0 Å². The average molecular weight is 350 g/mol. The summed E-state index contributed by atoms with van der Waals surface area (Å²) in [5.41, 5.74) is 1.43. The Balaban J connectivity index is 1.84. The molecule has 2 aromatic rings. The van der Waals surface area contributed by atoms with Crippen LogP contribution in [0.25, 0.3) is 5.69 Å². The van der Waals surface area contributed by atoms with Gasteiger partial charge < -0.3 is 5.32 Å². The minimum atomic E-state index is -4.41. The van der Waals surface area contributed by atoms with E-state index in [0.29, 0.717) is 5.82 Å². The maximum absolute atomic E-state index is 13.4. The molecule has 0 aliphatic carbocycles. The Morgan fingerprint density at radius 1 is 1.20 bits per heavy atom. The molecule has 0 radical (unpaired) electrons. The fraction of sp³-hybridized carbons (Fsp3) is 0.500. The van der Waals surface area contributed by atoms with Crippen LogP contribution in [-0.2, 0) is 12.6 Å². The van der Waals surface area contributed by atoms with Crippen molar-refractivity contribution in [1.82, 2.24) is 14.7 Å². The Morgan fingerprint density at radius 2 is 2.00 bits per heavy atom. The number of fused-ring (bicyclic) bond motifs is 1. The standard InChI is InChI=1S/C18H21F3N4/c1-24-11-5-4-8-15(24)16-12-9-10-22-17(12)25(23-16)14-7-3-2-6-13(14)18(19,20)21/h2-3,6-7,15,22H,4-5,8-11H2,1H3. The van der Waals surface area contributed by atoms with Gasteiger partial charge in [-0.15, -0.1) is 0 Å². The van der Waals surface area contributed by atoms with E-state index in [9.17, 15) is 13.2 Å². The van der Waals surface area contributed by atoms with E-state index in [4.69, 9.17) is 0 Å². The molecule has 7 heteroatoms. The number of alkyl halides is 3. The third kappa shape index (κ3) is 2.80. The van der Waals surface area contributed by atoms with Gasteiger partial charge in [0.15, 0.2) is 0 Å². The Morgan fingerprint density at radius 3 is 2.76 bits per heavy atom. The fourth-order valence-electron chi connectivity index (χ4n) is 3.96. The number of nitrogens with zero attached hydrogens (tertiary/aromatic N) is 3. The van der Waals surface area contributed by atoms with Crippen molar-refractivity contribution in [3.8, 4) is 5.69 Å². The maximum Gasteiger partial charge on any atom is 0.418 e. The van der Waals surface area contributed by atoms with Crippen LogP contribution in [0.4, 0.5) is 19.0 Å². The van der Waals surface area contributed by atoms with Crippen LogP contribution in [0.3, 0.4) is 0 Å². The van der Waals surface area contributed by atoms with Gasteiger partial charge in [-0.25, -0.2) is 4.68 Å². The van der Waals surface area contributed by atoms with Crippen molar-refractivity contribution in [2.45, 2.75) is 37.9 Å². The maximum atomic E-state index is 13.4. The lowest BCUT2D eigenvalue weighted by atomic mass is 9.97. The number of hydrogen-bond donors (Lipinski definition) is 1. The molecule has 1 atom stereocenters. The molecule has 1 unspecified atom stereocenters. The first-order valence-corrected chi connectivity index (χ1v) is 8.69. The zero-order valence-electron chi connectivity index (χ0n) is 14.1. The van der Waals surface area contributed by atoms with E-state index in [-0.39, 0.29) is 11.7 Å². The summed E-state index contributed by atoms with van der Waals surface area (Å²) < 4.78 is 41.8. The summed E-state index contributed by atoms with van der Waals surface area (Å²) in [6.45, 7) is 1.74. The molecule has 4 rings (SSSR count). The lowest BCUT2D eigenvalue weighted by Gasteiger charge is -2.31. The second-order valence-electron chi connectivity index (χ2n) is 6.81. The number of rotatable bonds is 2. The summed E-state index contributed by atoms with van der Waals surface area (Å²) >= 11 is 0. The summed E-state index contributed by atoms with van der Waals surface area (Å²) in [5.74, 6) is 0.714. The van der Waals surface area contributed by atoms with Crippen molar-refractivity contribution in [3.63, 3.8) is 0 Å². The third-order valence-corrected chi connectivity index (χ3v) is 5.21. The van der Waals surface area contributed by atoms with E-state index >= 15 is 0 Å². The Kier molecular flexibility index (Phi) is 3.98. The van der Waals surface area contributed by atoms with Gasteiger partial charge >= 0.3 is 6.18 Å². The smallest absolute Gasteiger partial charge is 0.369 e. The molecule has 0 saturated carbocycles. The molecule has 1 aromatic carbocycles. The lowest BCUT2D eigenvalue weighted by molar-refractivity contribution is -0.137. The average Bonchev–Trinajstić information content (AvgIpc) is 3.17. The molecule has 25 heavy (non-hydrogen) atoms. The van der Waals surface area contributed by atoms with Gasteiger partial charge in [0.25, 0.3) is 0 Å². The Hall–Kier alpha value is -2.02.